The molecule has 15 heavy (non-hydrogen) atoms. The summed E-state index contributed by atoms with van der Waals surface area (Å²) >= 11 is 3.41. The first-order chi connectivity index (χ1) is 6.99. The van der Waals surface area contributed by atoms with Gasteiger partial charge in [-0.05, 0) is 31.2 Å². The summed E-state index contributed by atoms with van der Waals surface area (Å²) in [5, 5.41) is 9.67. The largest absolute Gasteiger partial charge is 0.508 e. The lowest BCUT2D eigenvalue weighted by Crippen LogP contribution is -2.22. The molecule has 0 atom stereocenters. The van der Waals surface area contributed by atoms with E-state index in [0.29, 0.717) is 11.7 Å². The minimum Gasteiger partial charge on any atom is -0.508 e. The Hall–Kier alpha value is -0.540. The van der Waals surface area contributed by atoms with Gasteiger partial charge in [0, 0.05) is 23.1 Å². The highest BCUT2D eigenvalue weighted by molar-refractivity contribution is 9.10. The van der Waals surface area contributed by atoms with Crippen molar-refractivity contribution >= 4 is 15.9 Å². The van der Waals surface area contributed by atoms with Gasteiger partial charge >= 0.3 is 0 Å². The Morgan fingerprint density at radius 2 is 2.07 bits per heavy atom. The van der Waals surface area contributed by atoms with Gasteiger partial charge in [0.25, 0.3) is 0 Å². The molecule has 0 aliphatic rings. The van der Waals surface area contributed by atoms with E-state index in [0.717, 1.165) is 23.1 Å². The Balaban J connectivity index is 2.67. The fourth-order valence-corrected chi connectivity index (χ4v) is 2.07. The molecule has 0 aliphatic heterocycles. The van der Waals surface area contributed by atoms with Gasteiger partial charge in [-0.25, -0.2) is 0 Å². The van der Waals surface area contributed by atoms with Crippen LogP contribution in [0.3, 0.4) is 0 Å². The van der Waals surface area contributed by atoms with Gasteiger partial charge in [-0.2, -0.15) is 0 Å². The first kappa shape index (κ1) is 12.5. The van der Waals surface area contributed by atoms with Crippen molar-refractivity contribution in [3.8, 4) is 5.75 Å². The van der Waals surface area contributed by atoms with Crippen LogP contribution in [0, 0.1) is 5.92 Å². The smallest absolute Gasteiger partial charge is 0.120 e. The number of phenolic OH excluding ortho intramolecular Hbond substituents is 1. The summed E-state index contributed by atoms with van der Waals surface area (Å²) in [5.74, 6) is 1.01. The molecule has 1 rings (SSSR count). The van der Waals surface area contributed by atoms with Crippen LogP contribution in [0.5, 0.6) is 5.75 Å². The van der Waals surface area contributed by atoms with E-state index in [1.165, 1.54) is 0 Å². The zero-order valence-corrected chi connectivity index (χ0v) is 11.1. The second-order valence-corrected chi connectivity index (χ2v) is 5.28. The molecule has 1 N–H and O–H groups in total. The van der Waals surface area contributed by atoms with Crippen molar-refractivity contribution in [1.29, 1.82) is 0 Å². The molecular weight excluding hydrogens is 254 g/mol. The monoisotopic (exact) mass is 271 g/mol. The maximum absolute atomic E-state index is 9.67. The summed E-state index contributed by atoms with van der Waals surface area (Å²) < 4.78 is 1.01. The van der Waals surface area contributed by atoms with Crippen LogP contribution in [0.4, 0.5) is 0 Å². The van der Waals surface area contributed by atoms with E-state index in [-0.39, 0.29) is 0 Å². The van der Waals surface area contributed by atoms with Gasteiger partial charge < -0.3 is 10.0 Å². The Morgan fingerprint density at radius 1 is 1.40 bits per heavy atom. The number of phenols is 1. The minimum absolute atomic E-state index is 0.369. The van der Waals surface area contributed by atoms with Crippen LogP contribution in [0.1, 0.15) is 19.4 Å². The number of benzene rings is 1. The Bertz CT molecular complexity index is 325. The zero-order chi connectivity index (χ0) is 11.4. The third kappa shape index (κ3) is 4.22. The highest BCUT2D eigenvalue weighted by Gasteiger charge is 2.06. The SMILES string of the molecule is CC(C)CN(C)Cc1cc(Br)ccc1O. The molecule has 0 saturated carbocycles. The topological polar surface area (TPSA) is 23.5 Å². The number of hydrogen-bond acceptors (Lipinski definition) is 2. The van der Waals surface area contributed by atoms with Crippen molar-refractivity contribution in [2.45, 2.75) is 20.4 Å². The van der Waals surface area contributed by atoms with Crippen LogP contribution in [-0.4, -0.2) is 23.6 Å². The van der Waals surface area contributed by atoms with E-state index in [1.807, 2.05) is 12.1 Å². The fraction of sp³-hybridized carbons (Fsp3) is 0.500. The summed E-state index contributed by atoms with van der Waals surface area (Å²) in [6.07, 6.45) is 0. The number of halogens is 1. The van der Waals surface area contributed by atoms with Gasteiger partial charge in [-0.15, -0.1) is 0 Å². The average molecular weight is 272 g/mol. The van der Waals surface area contributed by atoms with Gasteiger partial charge in [0.15, 0.2) is 0 Å². The van der Waals surface area contributed by atoms with Crippen molar-refractivity contribution in [3.63, 3.8) is 0 Å². The quantitative estimate of drug-likeness (QED) is 0.909. The molecule has 0 fully saturated rings. The molecule has 3 heteroatoms. The van der Waals surface area contributed by atoms with Gasteiger partial charge in [0.05, 0.1) is 0 Å². The molecule has 0 saturated heterocycles. The van der Waals surface area contributed by atoms with Gasteiger partial charge in [0.2, 0.25) is 0 Å². The van der Waals surface area contributed by atoms with Crippen LogP contribution >= 0.6 is 15.9 Å². The average Bonchev–Trinajstić information content (AvgIpc) is 2.10. The molecule has 0 bridgehead atoms. The van der Waals surface area contributed by atoms with E-state index in [1.54, 1.807) is 6.07 Å². The second-order valence-electron chi connectivity index (χ2n) is 4.36. The van der Waals surface area contributed by atoms with Gasteiger partial charge in [-0.3, -0.25) is 0 Å². The first-order valence-corrected chi connectivity index (χ1v) is 5.94. The number of rotatable bonds is 4. The van der Waals surface area contributed by atoms with Crippen molar-refractivity contribution in [3.05, 3.63) is 28.2 Å². The molecule has 1 aromatic rings. The van der Waals surface area contributed by atoms with E-state index < -0.39 is 0 Å². The third-order valence-corrected chi connectivity index (χ3v) is 2.65. The highest BCUT2D eigenvalue weighted by Crippen LogP contribution is 2.23. The molecule has 0 aromatic heterocycles. The molecule has 0 heterocycles. The van der Waals surface area contributed by atoms with Crippen molar-refractivity contribution in [2.24, 2.45) is 5.92 Å². The maximum Gasteiger partial charge on any atom is 0.120 e. The van der Waals surface area contributed by atoms with Gasteiger partial charge in [-0.1, -0.05) is 29.8 Å². The Morgan fingerprint density at radius 3 is 2.67 bits per heavy atom. The summed E-state index contributed by atoms with van der Waals surface area (Å²) in [4.78, 5) is 2.21. The molecule has 0 radical (unpaired) electrons. The molecule has 0 aliphatic carbocycles. The summed E-state index contributed by atoms with van der Waals surface area (Å²) in [6, 6.07) is 5.54. The van der Waals surface area contributed by atoms with E-state index in [2.05, 4.69) is 41.7 Å². The van der Waals surface area contributed by atoms with Crippen molar-refractivity contribution < 1.29 is 5.11 Å². The van der Waals surface area contributed by atoms with Crippen LogP contribution < -0.4 is 0 Å². The van der Waals surface area contributed by atoms with Gasteiger partial charge in [0.1, 0.15) is 5.75 Å². The molecule has 0 amide bonds. The lowest BCUT2D eigenvalue weighted by molar-refractivity contribution is 0.284. The Kier molecular flexibility index (Phi) is 4.61. The molecular formula is C12H18BrNO. The van der Waals surface area contributed by atoms with Crippen LogP contribution in [0.2, 0.25) is 0 Å². The standard InChI is InChI=1S/C12H18BrNO/c1-9(2)7-14(3)8-10-6-11(13)4-5-12(10)15/h4-6,9,15H,7-8H2,1-3H3. The fourth-order valence-electron chi connectivity index (χ4n) is 1.66. The van der Waals surface area contributed by atoms with Crippen LogP contribution in [0.25, 0.3) is 0 Å². The predicted molar refractivity (Wildman–Crippen MR) is 67.0 cm³/mol. The van der Waals surface area contributed by atoms with Crippen LogP contribution in [-0.2, 0) is 6.54 Å². The van der Waals surface area contributed by atoms with E-state index in [4.69, 9.17) is 0 Å². The summed E-state index contributed by atoms with van der Waals surface area (Å²) in [7, 11) is 2.07. The number of aromatic hydroxyl groups is 1. The lowest BCUT2D eigenvalue weighted by Gasteiger charge is -2.19. The predicted octanol–water partition coefficient (Wildman–Crippen LogP) is 3.24. The maximum atomic E-state index is 9.67. The second kappa shape index (κ2) is 5.52. The summed E-state index contributed by atoms with van der Waals surface area (Å²) in [6.45, 7) is 6.20. The molecule has 2 nitrogen and oxygen atoms in total. The Labute approximate surface area is 100 Å². The minimum atomic E-state index is 0.369. The molecule has 0 spiro atoms. The third-order valence-electron chi connectivity index (χ3n) is 2.16. The van der Waals surface area contributed by atoms with Crippen molar-refractivity contribution in [1.82, 2.24) is 4.90 Å². The molecule has 1 aromatic carbocycles. The number of hydrogen-bond donors (Lipinski definition) is 1. The number of nitrogens with zero attached hydrogens (tertiary/aromatic N) is 1. The van der Waals surface area contributed by atoms with Crippen molar-refractivity contribution in [2.75, 3.05) is 13.6 Å². The first-order valence-electron chi connectivity index (χ1n) is 5.15. The van der Waals surface area contributed by atoms with Crippen LogP contribution in [0.15, 0.2) is 22.7 Å². The normalized spacial score (nSPS) is 11.3. The summed E-state index contributed by atoms with van der Waals surface area (Å²) in [5.41, 5.74) is 0.965. The van der Waals surface area contributed by atoms with E-state index in [9.17, 15) is 5.11 Å². The van der Waals surface area contributed by atoms with E-state index >= 15 is 0 Å². The highest BCUT2D eigenvalue weighted by atomic mass is 79.9. The molecule has 0 unspecified atom stereocenters. The lowest BCUT2D eigenvalue weighted by atomic mass is 10.1. The molecule has 84 valence electrons. The zero-order valence-electron chi connectivity index (χ0n) is 9.50.